The highest BCUT2D eigenvalue weighted by molar-refractivity contribution is 6.32. The van der Waals surface area contributed by atoms with E-state index in [2.05, 4.69) is 0 Å². The third-order valence-electron chi connectivity index (χ3n) is 5.88. The van der Waals surface area contributed by atoms with Crippen LogP contribution in [0, 0.1) is 5.82 Å². The average Bonchev–Trinajstić information content (AvgIpc) is 2.83. The number of hydrogen-bond acceptors (Lipinski definition) is 7. The maximum Gasteiger partial charge on any atom is 0.340 e. The van der Waals surface area contributed by atoms with Crippen molar-refractivity contribution < 1.29 is 32.9 Å². The lowest BCUT2D eigenvalue weighted by atomic mass is 9.77. The first-order valence-electron chi connectivity index (χ1n) is 11.2. The minimum Gasteiger partial charge on any atom is -0.490 e. The number of carbonyl (C=O) groups excluding carboxylic acids is 2. The van der Waals surface area contributed by atoms with E-state index < -0.39 is 17.7 Å². The maximum atomic E-state index is 14.1. The zero-order chi connectivity index (χ0) is 25.1. The first kappa shape index (κ1) is 24.6. The normalized spacial score (nSPS) is 17.6. The number of halogens is 2. The summed E-state index contributed by atoms with van der Waals surface area (Å²) < 4.78 is 36.3. The molecule has 1 heterocycles. The number of allylic oxidation sites excluding steroid dienone is 2. The van der Waals surface area contributed by atoms with E-state index in [0.717, 1.165) is 0 Å². The van der Waals surface area contributed by atoms with E-state index >= 15 is 0 Å². The minimum absolute atomic E-state index is 0.0139. The first-order chi connectivity index (χ1) is 16.8. The molecule has 4 rings (SSSR count). The van der Waals surface area contributed by atoms with Crippen LogP contribution in [0.4, 0.5) is 4.39 Å². The summed E-state index contributed by atoms with van der Waals surface area (Å²) in [6.45, 7) is 2.01. The van der Waals surface area contributed by atoms with Crippen LogP contribution >= 0.6 is 11.6 Å². The van der Waals surface area contributed by atoms with Crippen LogP contribution in [-0.4, -0.2) is 25.5 Å². The minimum atomic E-state index is -0.851. The Bertz CT molecular complexity index is 1240. The van der Waals surface area contributed by atoms with Gasteiger partial charge < -0.3 is 24.7 Å². The highest BCUT2D eigenvalue weighted by Gasteiger charge is 2.41. The third-order valence-corrected chi connectivity index (χ3v) is 6.17. The van der Waals surface area contributed by atoms with Crippen molar-refractivity contribution in [2.45, 2.75) is 38.7 Å². The highest BCUT2D eigenvalue weighted by atomic mass is 35.5. The number of benzene rings is 2. The number of methoxy groups -OCH3 is 1. The van der Waals surface area contributed by atoms with E-state index in [1.165, 1.54) is 13.2 Å². The van der Waals surface area contributed by atoms with E-state index in [1.54, 1.807) is 37.3 Å². The van der Waals surface area contributed by atoms with Gasteiger partial charge in [0.15, 0.2) is 17.3 Å². The van der Waals surface area contributed by atoms with Crippen LogP contribution in [0.1, 0.15) is 43.2 Å². The number of hydrogen-bond donors (Lipinski definition) is 1. The fourth-order valence-electron chi connectivity index (χ4n) is 4.32. The summed E-state index contributed by atoms with van der Waals surface area (Å²) in [6, 6.07) is 9.48. The Labute approximate surface area is 207 Å². The van der Waals surface area contributed by atoms with Gasteiger partial charge in [0.25, 0.3) is 0 Å². The van der Waals surface area contributed by atoms with Crippen LogP contribution < -0.4 is 15.2 Å². The number of nitrogens with two attached hydrogens (primary N) is 1. The molecule has 0 spiro atoms. The van der Waals surface area contributed by atoms with Crippen molar-refractivity contribution >= 4 is 23.4 Å². The Morgan fingerprint density at radius 2 is 2.00 bits per heavy atom. The van der Waals surface area contributed by atoms with Crippen molar-refractivity contribution in [3.8, 4) is 11.5 Å². The summed E-state index contributed by atoms with van der Waals surface area (Å²) in [4.78, 5) is 25.6. The Hall–Kier alpha value is -3.52. The summed E-state index contributed by atoms with van der Waals surface area (Å²) in [5.74, 6) is -1.30. The van der Waals surface area contributed by atoms with Crippen molar-refractivity contribution in [2.75, 3.05) is 13.7 Å². The zero-order valence-corrected chi connectivity index (χ0v) is 20.1. The van der Waals surface area contributed by atoms with Crippen LogP contribution in [0.25, 0.3) is 0 Å². The number of carbonyl (C=O) groups is 2. The van der Waals surface area contributed by atoms with Crippen LogP contribution in [0.15, 0.2) is 59.2 Å². The third kappa shape index (κ3) is 4.84. The lowest BCUT2D eigenvalue weighted by Gasteiger charge is -2.32. The van der Waals surface area contributed by atoms with E-state index in [0.29, 0.717) is 48.3 Å². The smallest absolute Gasteiger partial charge is 0.340 e. The second kappa shape index (κ2) is 10.4. The second-order valence-corrected chi connectivity index (χ2v) is 8.47. The van der Waals surface area contributed by atoms with Gasteiger partial charge in [0.2, 0.25) is 5.88 Å². The molecule has 0 aromatic heterocycles. The van der Waals surface area contributed by atoms with Crippen molar-refractivity contribution in [3.63, 3.8) is 0 Å². The Morgan fingerprint density at radius 3 is 2.71 bits per heavy atom. The molecule has 184 valence electrons. The molecule has 2 aliphatic rings. The molecule has 0 amide bonds. The molecule has 1 aliphatic heterocycles. The Kier molecular flexibility index (Phi) is 7.31. The van der Waals surface area contributed by atoms with Gasteiger partial charge in [-0.1, -0.05) is 29.8 Å². The fourth-order valence-corrected chi connectivity index (χ4v) is 4.60. The first-order valence-corrected chi connectivity index (χ1v) is 11.6. The van der Waals surface area contributed by atoms with Crippen LogP contribution in [0.2, 0.25) is 5.02 Å². The topological polar surface area (TPSA) is 97.1 Å². The van der Waals surface area contributed by atoms with Crippen LogP contribution in [-0.2, 0) is 25.7 Å². The van der Waals surface area contributed by atoms with Gasteiger partial charge in [-0.25, -0.2) is 9.18 Å². The summed E-state index contributed by atoms with van der Waals surface area (Å²) in [5, 5.41) is 0.168. The number of ether oxygens (including phenoxy) is 4. The van der Waals surface area contributed by atoms with E-state index in [9.17, 15) is 14.0 Å². The number of esters is 1. The van der Waals surface area contributed by atoms with Gasteiger partial charge >= 0.3 is 5.97 Å². The number of Topliss-reactive ketones (excluding diaryl/α,β-unsaturated/α-hetero) is 1. The quantitative estimate of drug-likeness (QED) is 0.538. The lowest BCUT2D eigenvalue weighted by molar-refractivity contribution is -0.136. The lowest BCUT2D eigenvalue weighted by Crippen LogP contribution is -2.31. The molecule has 1 atom stereocenters. The molecule has 35 heavy (non-hydrogen) atoms. The Balaban J connectivity index is 1.80. The predicted octanol–water partition coefficient (Wildman–Crippen LogP) is 4.92. The molecule has 0 bridgehead atoms. The SMILES string of the molecule is CCOc1cc([C@H]2C(C(=O)OC)=C(N)OC3=C2C(=O)CCC3)cc(Cl)c1OCc1ccccc1F. The molecule has 1 aliphatic carbocycles. The monoisotopic (exact) mass is 501 g/mol. The van der Waals surface area contributed by atoms with Gasteiger partial charge in [0.05, 0.1) is 24.7 Å². The van der Waals surface area contributed by atoms with E-state index in [-0.39, 0.29) is 40.4 Å². The summed E-state index contributed by atoms with van der Waals surface area (Å²) in [7, 11) is 1.23. The molecule has 9 heteroatoms. The largest absolute Gasteiger partial charge is 0.490 e. The predicted molar refractivity (Wildman–Crippen MR) is 126 cm³/mol. The van der Waals surface area contributed by atoms with Crippen LogP contribution in [0.5, 0.6) is 11.5 Å². The average molecular weight is 502 g/mol. The fraction of sp³-hybridized carbons (Fsp3) is 0.308. The number of ketones is 1. The van der Waals surface area contributed by atoms with Crippen molar-refractivity contribution in [2.24, 2.45) is 5.73 Å². The number of rotatable bonds is 7. The van der Waals surface area contributed by atoms with Gasteiger partial charge in [-0.05, 0) is 37.1 Å². The molecule has 0 saturated carbocycles. The van der Waals surface area contributed by atoms with Crippen molar-refractivity contribution in [3.05, 3.63) is 81.2 Å². The highest BCUT2D eigenvalue weighted by Crippen LogP contribution is 2.47. The molecule has 0 fully saturated rings. The zero-order valence-electron chi connectivity index (χ0n) is 19.4. The molecule has 2 N–H and O–H groups in total. The molecule has 0 unspecified atom stereocenters. The summed E-state index contributed by atoms with van der Waals surface area (Å²) in [5.41, 5.74) is 7.32. The van der Waals surface area contributed by atoms with Crippen molar-refractivity contribution in [1.29, 1.82) is 0 Å². The molecular weight excluding hydrogens is 477 g/mol. The van der Waals surface area contributed by atoms with E-state index in [1.807, 2.05) is 0 Å². The molecular formula is C26H25ClFNO6. The molecule has 2 aromatic carbocycles. The molecule has 0 radical (unpaired) electrons. The van der Waals surface area contributed by atoms with Gasteiger partial charge in [0, 0.05) is 24.0 Å². The molecule has 7 nitrogen and oxygen atoms in total. The van der Waals surface area contributed by atoms with Gasteiger partial charge in [0.1, 0.15) is 23.8 Å². The summed E-state index contributed by atoms with van der Waals surface area (Å²) >= 11 is 6.61. The molecule has 0 saturated heterocycles. The standard InChI is InChI=1S/C26H25ClFNO6/c1-3-33-20-12-15(11-16(27)24(20)34-13-14-7-4-5-8-17(14)28)21-22-18(30)9-6-10-19(22)35-25(29)23(21)26(31)32-2/h4-5,7-8,11-12,21H,3,6,9-10,13,29H2,1-2H3/t21-/m1/s1. The second-order valence-electron chi connectivity index (χ2n) is 8.06. The summed E-state index contributed by atoms with van der Waals surface area (Å²) in [6.07, 6.45) is 1.46. The van der Waals surface area contributed by atoms with E-state index in [4.69, 9.17) is 36.3 Å². The van der Waals surface area contributed by atoms with Crippen LogP contribution in [0.3, 0.4) is 0 Å². The van der Waals surface area contributed by atoms with Gasteiger partial charge in [-0.2, -0.15) is 0 Å². The Morgan fingerprint density at radius 1 is 1.23 bits per heavy atom. The van der Waals surface area contributed by atoms with Gasteiger partial charge in [-0.3, -0.25) is 4.79 Å². The molecule has 2 aromatic rings. The van der Waals surface area contributed by atoms with Crippen molar-refractivity contribution in [1.82, 2.24) is 0 Å². The maximum absolute atomic E-state index is 14.1. The van der Waals surface area contributed by atoms with Gasteiger partial charge in [-0.15, -0.1) is 0 Å².